The molecule has 0 spiro atoms. The maximum atomic E-state index is 5.38. The molecule has 3 aromatic heterocycles. The maximum Gasteiger partial charge on any atom is 0.0973 e. The summed E-state index contributed by atoms with van der Waals surface area (Å²) < 4.78 is 0. The van der Waals surface area contributed by atoms with Gasteiger partial charge >= 0.3 is 0 Å². The highest BCUT2D eigenvalue weighted by Crippen LogP contribution is 2.59. The third-order valence-electron chi connectivity index (χ3n) is 17.6. The zero-order valence-corrected chi connectivity index (χ0v) is 45.8. The van der Waals surface area contributed by atoms with Crippen LogP contribution in [0.5, 0.6) is 0 Å². The minimum atomic E-state index is -0.578. The molecule has 16 rings (SSSR count). The fourth-order valence-electron chi connectivity index (χ4n) is 13.8. The van der Waals surface area contributed by atoms with Gasteiger partial charge in [-0.05, 0) is 150 Å². The van der Waals surface area contributed by atoms with Crippen LogP contribution in [0.15, 0.2) is 316 Å². The van der Waals surface area contributed by atoms with Gasteiger partial charge in [-0.2, -0.15) is 0 Å². The Hall–Kier alpha value is -10.9. The molecule has 2 aliphatic rings. The summed E-state index contributed by atoms with van der Waals surface area (Å²) in [6.07, 6.45) is 3.75. The van der Waals surface area contributed by atoms with E-state index in [0.717, 1.165) is 78.3 Å². The number of fused-ring (bicyclic) bond motifs is 7. The molecule has 0 N–H and O–H groups in total. The highest BCUT2D eigenvalue weighted by Gasteiger charge is 2.48. The summed E-state index contributed by atoms with van der Waals surface area (Å²) in [6, 6.07) is 110. The second-order valence-electron chi connectivity index (χ2n) is 22.0. The third kappa shape index (κ3) is 7.76. The third-order valence-corrected chi connectivity index (χ3v) is 17.6. The Morgan fingerprint density at radius 1 is 0.214 bits per heavy atom. The van der Waals surface area contributed by atoms with Crippen LogP contribution in [-0.4, -0.2) is 19.9 Å². The Labute approximate surface area is 488 Å². The van der Waals surface area contributed by atoms with E-state index in [-0.39, 0.29) is 0 Å². The summed E-state index contributed by atoms with van der Waals surface area (Å²) in [7, 11) is 0. The normalized spacial score (nSPS) is 13.2. The minimum absolute atomic E-state index is 0.578. The number of hydrogen-bond acceptors (Lipinski definition) is 4. The van der Waals surface area contributed by atoms with Crippen LogP contribution in [0.4, 0.5) is 0 Å². The molecular formula is C80H52N4. The Bertz CT molecular complexity index is 4390. The minimum Gasteiger partial charge on any atom is -0.256 e. The van der Waals surface area contributed by atoms with Crippen molar-refractivity contribution in [2.45, 2.75) is 10.8 Å². The van der Waals surface area contributed by atoms with Crippen molar-refractivity contribution in [3.63, 3.8) is 0 Å². The molecule has 2 aliphatic carbocycles. The molecule has 0 radical (unpaired) electrons. The van der Waals surface area contributed by atoms with Crippen LogP contribution in [0.1, 0.15) is 44.5 Å². The van der Waals surface area contributed by atoms with Crippen LogP contribution < -0.4 is 0 Å². The first-order valence-corrected chi connectivity index (χ1v) is 28.8. The fraction of sp³-hybridized carbons (Fsp3) is 0.0250. The predicted octanol–water partition coefficient (Wildman–Crippen LogP) is 19.1. The van der Waals surface area contributed by atoms with Gasteiger partial charge in [0, 0.05) is 34.6 Å². The van der Waals surface area contributed by atoms with Crippen molar-refractivity contribution in [2.24, 2.45) is 0 Å². The summed E-state index contributed by atoms with van der Waals surface area (Å²) in [5.74, 6) is 0. The lowest BCUT2D eigenvalue weighted by molar-refractivity contribution is 0.769. The van der Waals surface area contributed by atoms with Gasteiger partial charge in [-0.3, -0.25) is 9.97 Å². The summed E-state index contributed by atoms with van der Waals surface area (Å²) in [4.78, 5) is 20.3. The average Bonchev–Trinajstić information content (AvgIpc) is 2.78. The van der Waals surface area contributed by atoms with Gasteiger partial charge in [0.2, 0.25) is 0 Å². The predicted molar refractivity (Wildman–Crippen MR) is 342 cm³/mol. The topological polar surface area (TPSA) is 51.6 Å². The largest absolute Gasteiger partial charge is 0.256 e. The van der Waals surface area contributed by atoms with E-state index in [1.165, 1.54) is 66.8 Å². The number of aromatic nitrogens is 4. The Morgan fingerprint density at radius 3 is 0.810 bits per heavy atom. The number of benzene rings is 11. The van der Waals surface area contributed by atoms with Gasteiger partial charge in [0.15, 0.2) is 0 Å². The van der Waals surface area contributed by atoms with Crippen molar-refractivity contribution in [1.82, 2.24) is 19.9 Å². The van der Waals surface area contributed by atoms with Gasteiger partial charge < -0.3 is 0 Å². The Kier molecular flexibility index (Phi) is 11.6. The zero-order valence-electron chi connectivity index (χ0n) is 45.8. The van der Waals surface area contributed by atoms with Crippen molar-refractivity contribution >= 4 is 11.0 Å². The van der Waals surface area contributed by atoms with Gasteiger partial charge in [0.25, 0.3) is 0 Å². The summed E-state index contributed by atoms with van der Waals surface area (Å²) in [5, 5.41) is 0. The fourth-order valence-corrected chi connectivity index (χ4v) is 13.8. The molecule has 4 heteroatoms. The Morgan fingerprint density at radius 2 is 0.488 bits per heavy atom. The SMILES string of the molecule is c1ccc(C2(c3ccccc3)c3cc(-c4ccc(-c5nc6ccccc6nc5-c5ccc(-c6ccc7c(c6)C(c6ccccc6)(c6ccccc6)c6cc(-c8ccccn8)ccc6-7)cc5)cc4)ccc3-c3ccc(-c4ccccn4)cc32)cc1. The molecule has 0 atom stereocenters. The first-order chi connectivity index (χ1) is 41.6. The van der Waals surface area contributed by atoms with Gasteiger partial charge in [0.05, 0.1) is 44.6 Å². The van der Waals surface area contributed by atoms with Crippen LogP contribution >= 0.6 is 0 Å². The highest BCUT2D eigenvalue weighted by molar-refractivity contribution is 5.93. The van der Waals surface area contributed by atoms with E-state index in [9.17, 15) is 0 Å². The number of pyridine rings is 2. The summed E-state index contributed by atoms with van der Waals surface area (Å²) in [5.41, 5.74) is 27.7. The molecule has 0 bridgehead atoms. The van der Waals surface area contributed by atoms with Gasteiger partial charge in [-0.25, -0.2) is 9.97 Å². The van der Waals surface area contributed by atoms with Crippen LogP contribution in [0.2, 0.25) is 0 Å². The summed E-state index contributed by atoms with van der Waals surface area (Å²) >= 11 is 0. The molecule has 11 aromatic carbocycles. The second-order valence-corrected chi connectivity index (χ2v) is 22.0. The standard InChI is InChI=1S/C80H52N4/c1-5-19-61(20-6-1)79(62-21-7-2-8-22-62)69-49-57(39-43-65(69)67-45-41-59(51-71(67)79)73-27-15-17-47-81-73)53-31-35-55(36-32-53)77-78(84-76-30-14-13-29-75(76)83-77)56-37-33-54(34-38-56)58-40-44-66-68-46-42-60(74-28-16-18-48-82-74)52-72(68)80(70(66)50-58,63-23-9-3-10-24-63)64-25-11-4-12-26-64/h1-52H. The highest BCUT2D eigenvalue weighted by atomic mass is 14.8. The molecule has 392 valence electrons. The molecular weight excluding hydrogens is 1020 g/mol. The van der Waals surface area contributed by atoms with Gasteiger partial charge in [-0.15, -0.1) is 0 Å². The van der Waals surface area contributed by atoms with Crippen LogP contribution in [0, 0.1) is 0 Å². The maximum absolute atomic E-state index is 5.38. The van der Waals surface area contributed by atoms with E-state index in [1.807, 2.05) is 36.7 Å². The molecule has 0 saturated heterocycles. The lowest BCUT2D eigenvalue weighted by Crippen LogP contribution is -2.28. The van der Waals surface area contributed by atoms with E-state index in [4.69, 9.17) is 19.9 Å². The van der Waals surface area contributed by atoms with E-state index < -0.39 is 10.8 Å². The lowest BCUT2D eigenvalue weighted by Gasteiger charge is -2.34. The van der Waals surface area contributed by atoms with Gasteiger partial charge in [-0.1, -0.05) is 243 Å². The van der Waals surface area contributed by atoms with E-state index in [2.05, 4.69) is 279 Å². The van der Waals surface area contributed by atoms with Gasteiger partial charge in [0.1, 0.15) is 0 Å². The molecule has 14 aromatic rings. The zero-order chi connectivity index (χ0) is 55.6. The monoisotopic (exact) mass is 1070 g/mol. The number of hydrogen-bond donors (Lipinski definition) is 0. The van der Waals surface area contributed by atoms with Crippen LogP contribution in [0.25, 0.3) is 101 Å². The Balaban J connectivity index is 0.781. The van der Waals surface area contributed by atoms with Crippen molar-refractivity contribution < 1.29 is 0 Å². The molecule has 3 heterocycles. The molecule has 0 saturated carbocycles. The first-order valence-electron chi connectivity index (χ1n) is 28.8. The summed E-state index contributed by atoms with van der Waals surface area (Å²) in [6.45, 7) is 0. The van der Waals surface area contributed by atoms with Crippen molar-refractivity contribution in [3.05, 3.63) is 360 Å². The number of para-hydroxylation sites is 2. The van der Waals surface area contributed by atoms with E-state index in [1.54, 1.807) is 0 Å². The number of nitrogens with zero attached hydrogens (tertiary/aromatic N) is 4. The lowest BCUT2D eigenvalue weighted by atomic mass is 9.67. The molecule has 0 fully saturated rings. The van der Waals surface area contributed by atoms with Crippen LogP contribution in [-0.2, 0) is 10.8 Å². The molecule has 4 nitrogen and oxygen atoms in total. The van der Waals surface area contributed by atoms with Crippen molar-refractivity contribution in [1.29, 1.82) is 0 Å². The quantitative estimate of drug-likeness (QED) is 0.137. The molecule has 0 aliphatic heterocycles. The molecule has 0 unspecified atom stereocenters. The molecule has 0 amide bonds. The van der Waals surface area contributed by atoms with E-state index in [0.29, 0.717) is 0 Å². The molecule has 84 heavy (non-hydrogen) atoms. The van der Waals surface area contributed by atoms with Crippen LogP contribution in [0.3, 0.4) is 0 Å². The number of rotatable bonds is 10. The first kappa shape index (κ1) is 48.9. The average molecular weight is 1070 g/mol. The second kappa shape index (κ2) is 19.9. The smallest absolute Gasteiger partial charge is 0.0973 e. The van der Waals surface area contributed by atoms with Crippen molar-refractivity contribution in [2.75, 3.05) is 0 Å². The van der Waals surface area contributed by atoms with Crippen molar-refractivity contribution in [3.8, 4) is 89.5 Å². The van der Waals surface area contributed by atoms with E-state index >= 15 is 0 Å².